The van der Waals surface area contributed by atoms with Crippen molar-refractivity contribution in [1.29, 1.82) is 0 Å². The Kier molecular flexibility index (Phi) is 14.8. The van der Waals surface area contributed by atoms with Crippen molar-refractivity contribution in [3.63, 3.8) is 0 Å². The quantitative estimate of drug-likeness (QED) is 0.456. The van der Waals surface area contributed by atoms with Gasteiger partial charge in [0.25, 0.3) is 0 Å². The van der Waals surface area contributed by atoms with Crippen LogP contribution in [0, 0.1) is 0 Å². The topological polar surface area (TPSA) is 0 Å². The Labute approximate surface area is 65.1 Å². The number of allylic oxidation sites excluding steroid dienone is 1. The van der Waals surface area contributed by atoms with Gasteiger partial charge in [0, 0.05) is 26.2 Å². The van der Waals surface area contributed by atoms with E-state index in [0.29, 0.717) is 0 Å². The average molecular weight is 175 g/mol. The van der Waals surface area contributed by atoms with Crippen LogP contribution in [0.15, 0.2) is 12.7 Å². The monoisotopic (exact) mass is 174 g/mol. The molecule has 0 aliphatic rings. The summed E-state index contributed by atoms with van der Waals surface area (Å²) < 4.78 is 0. The van der Waals surface area contributed by atoms with Gasteiger partial charge in [-0.25, -0.2) is 0 Å². The van der Waals surface area contributed by atoms with Crippen molar-refractivity contribution in [3.8, 4) is 0 Å². The Hall–Kier alpha value is 0.623. The molecular weight excluding hydrogens is 163 g/mol. The van der Waals surface area contributed by atoms with Crippen molar-refractivity contribution in [2.75, 3.05) is 0 Å². The molecule has 0 spiro atoms. The second-order valence-corrected chi connectivity index (χ2v) is 1.43. The third-order valence-corrected chi connectivity index (χ3v) is 0.762. The fourth-order valence-corrected chi connectivity index (χ4v) is 0.348. The van der Waals surface area contributed by atoms with Crippen LogP contribution < -0.4 is 0 Å². The van der Waals surface area contributed by atoms with Crippen LogP contribution in [-0.4, -0.2) is 0 Å². The molecule has 0 rings (SSSR count). The number of unbranched alkanes of at least 4 members (excludes halogenated alkanes) is 2. The summed E-state index contributed by atoms with van der Waals surface area (Å²) in [4.78, 5) is 0. The summed E-state index contributed by atoms with van der Waals surface area (Å²) in [6.07, 6.45) is 5.72. The number of hydrogen-bond acceptors (Lipinski definition) is 0. The average Bonchev–Trinajstić information content (AvgIpc) is 1.61. The molecule has 0 aliphatic carbocycles. The van der Waals surface area contributed by atoms with Crippen LogP contribution in [0.2, 0.25) is 0 Å². The Balaban J connectivity index is 0. The van der Waals surface area contributed by atoms with E-state index in [1.165, 1.54) is 19.3 Å². The van der Waals surface area contributed by atoms with Gasteiger partial charge in [-0.05, 0) is 6.42 Å². The zero-order valence-corrected chi connectivity index (χ0v) is 7.36. The van der Waals surface area contributed by atoms with Gasteiger partial charge in [0.2, 0.25) is 0 Å². The third-order valence-electron chi connectivity index (χ3n) is 0.762. The largest absolute Gasteiger partial charge is 0.103 e. The number of hydrogen-bond donors (Lipinski definition) is 0. The first kappa shape index (κ1) is 10.6. The molecule has 0 aliphatic heterocycles. The van der Waals surface area contributed by atoms with Gasteiger partial charge in [-0.2, -0.15) is 0 Å². The van der Waals surface area contributed by atoms with E-state index in [4.69, 9.17) is 0 Å². The van der Waals surface area contributed by atoms with Crippen molar-refractivity contribution in [3.05, 3.63) is 12.7 Å². The van der Waals surface area contributed by atoms with Crippen LogP contribution in [0.1, 0.15) is 26.2 Å². The van der Waals surface area contributed by atoms with Crippen LogP contribution >= 0.6 is 0 Å². The van der Waals surface area contributed by atoms with E-state index >= 15 is 0 Å². The summed E-state index contributed by atoms with van der Waals surface area (Å²) >= 11 is 0. The second kappa shape index (κ2) is 9.80. The maximum atomic E-state index is 3.60. The zero-order valence-electron chi connectivity index (χ0n) is 4.91. The smallest absolute Gasteiger partial charge is 0 e. The summed E-state index contributed by atoms with van der Waals surface area (Å²) in [7, 11) is 0. The minimum atomic E-state index is 0. The van der Waals surface area contributed by atoms with E-state index in [1.54, 1.807) is 0 Å². The second-order valence-electron chi connectivity index (χ2n) is 1.43. The molecule has 0 heterocycles. The van der Waals surface area contributed by atoms with Crippen molar-refractivity contribution in [2.45, 2.75) is 26.2 Å². The predicted molar refractivity (Wildman–Crippen MR) is 29.7 cm³/mol. The molecule has 0 aromatic carbocycles. The van der Waals surface area contributed by atoms with Gasteiger partial charge < -0.3 is 0 Å². The van der Waals surface area contributed by atoms with Crippen LogP contribution in [0.25, 0.3) is 0 Å². The summed E-state index contributed by atoms with van der Waals surface area (Å²) in [5.74, 6) is 0. The minimum absolute atomic E-state index is 0. The standard InChI is InChI=1S/C6H12.Zr/c1-3-5-6-4-2;/h3H,1,4-6H2,2H3;. The number of rotatable bonds is 3. The normalized spacial score (nSPS) is 7.00. The molecule has 0 fully saturated rings. The van der Waals surface area contributed by atoms with E-state index in [-0.39, 0.29) is 26.2 Å². The van der Waals surface area contributed by atoms with E-state index in [2.05, 4.69) is 13.5 Å². The molecule has 0 saturated heterocycles. The van der Waals surface area contributed by atoms with Crippen LogP contribution in [0.4, 0.5) is 0 Å². The van der Waals surface area contributed by atoms with Gasteiger partial charge >= 0.3 is 0 Å². The first-order valence-electron chi connectivity index (χ1n) is 2.52. The maximum absolute atomic E-state index is 3.60. The van der Waals surface area contributed by atoms with Gasteiger partial charge in [0.1, 0.15) is 0 Å². The Morgan fingerprint density at radius 2 is 2.14 bits per heavy atom. The van der Waals surface area contributed by atoms with Gasteiger partial charge in [-0.1, -0.05) is 25.8 Å². The molecule has 0 N–H and O–H groups in total. The van der Waals surface area contributed by atoms with Crippen LogP contribution in [0.5, 0.6) is 0 Å². The summed E-state index contributed by atoms with van der Waals surface area (Å²) in [5.41, 5.74) is 0. The molecule has 1 heteroatoms. The molecule has 0 aromatic rings. The van der Waals surface area contributed by atoms with E-state index < -0.39 is 0 Å². The molecule has 0 nitrogen and oxygen atoms in total. The van der Waals surface area contributed by atoms with E-state index in [0.717, 1.165) is 0 Å². The van der Waals surface area contributed by atoms with Crippen molar-refractivity contribution in [1.82, 2.24) is 0 Å². The van der Waals surface area contributed by atoms with Gasteiger partial charge in [-0.3, -0.25) is 0 Å². The molecule has 0 radical (unpaired) electrons. The third kappa shape index (κ3) is 10.8. The molecule has 0 saturated carbocycles. The molecule has 7 heavy (non-hydrogen) atoms. The van der Waals surface area contributed by atoms with Crippen LogP contribution in [-0.2, 0) is 26.2 Å². The maximum Gasteiger partial charge on any atom is 0 e. The Bertz CT molecular complexity index is 33.2. The van der Waals surface area contributed by atoms with Gasteiger partial charge in [-0.15, -0.1) is 6.58 Å². The van der Waals surface area contributed by atoms with Crippen molar-refractivity contribution in [2.24, 2.45) is 0 Å². The summed E-state index contributed by atoms with van der Waals surface area (Å²) in [6, 6.07) is 0. The molecular formula is C6H12Zr. The van der Waals surface area contributed by atoms with Crippen molar-refractivity contribution >= 4 is 0 Å². The van der Waals surface area contributed by atoms with Crippen molar-refractivity contribution < 1.29 is 26.2 Å². The fraction of sp³-hybridized carbons (Fsp3) is 0.667. The van der Waals surface area contributed by atoms with Gasteiger partial charge in [0.05, 0.1) is 0 Å². The Morgan fingerprint density at radius 3 is 2.29 bits per heavy atom. The first-order valence-corrected chi connectivity index (χ1v) is 2.52. The SMILES string of the molecule is C=CCCCC.[Zr]. The zero-order chi connectivity index (χ0) is 4.83. The summed E-state index contributed by atoms with van der Waals surface area (Å²) in [6.45, 7) is 5.78. The van der Waals surface area contributed by atoms with E-state index in [1.807, 2.05) is 6.08 Å². The molecule has 0 amide bonds. The van der Waals surface area contributed by atoms with Crippen LogP contribution in [0.3, 0.4) is 0 Å². The minimum Gasteiger partial charge on any atom is -0.103 e. The molecule has 0 bridgehead atoms. The summed E-state index contributed by atoms with van der Waals surface area (Å²) in [5, 5.41) is 0. The first-order chi connectivity index (χ1) is 2.91. The van der Waals surface area contributed by atoms with E-state index in [9.17, 15) is 0 Å². The molecule has 0 unspecified atom stereocenters. The Morgan fingerprint density at radius 1 is 1.57 bits per heavy atom. The predicted octanol–water partition coefficient (Wildman–Crippen LogP) is 2.36. The molecule has 0 atom stereocenters. The molecule has 0 aromatic heterocycles. The molecule has 40 valence electrons. The fourth-order valence-electron chi connectivity index (χ4n) is 0.348. The van der Waals surface area contributed by atoms with Gasteiger partial charge in [0.15, 0.2) is 0 Å².